The topological polar surface area (TPSA) is 91.3 Å². The number of Topliss-reactive ketones (excluding diaryl/α,β-unsaturated/α-hetero) is 1. The fourth-order valence-corrected chi connectivity index (χ4v) is 5.24. The summed E-state index contributed by atoms with van der Waals surface area (Å²) in [6.07, 6.45) is 0. The quantitative estimate of drug-likeness (QED) is 0.413. The molecule has 1 saturated heterocycles. The summed E-state index contributed by atoms with van der Waals surface area (Å²) >= 11 is 6.24. The number of aliphatic imine (C=N–C) groups is 1. The lowest BCUT2D eigenvalue weighted by molar-refractivity contribution is -0.123. The Balaban J connectivity index is 1.71. The predicted molar refractivity (Wildman–Crippen MR) is 154 cm³/mol. The molecule has 5 rings (SSSR count). The van der Waals surface area contributed by atoms with Crippen molar-refractivity contribution in [3.63, 3.8) is 0 Å². The van der Waals surface area contributed by atoms with E-state index in [-0.39, 0.29) is 24.3 Å². The van der Waals surface area contributed by atoms with Crippen molar-refractivity contribution in [2.24, 2.45) is 4.99 Å². The van der Waals surface area contributed by atoms with Crippen molar-refractivity contribution in [1.82, 2.24) is 15.1 Å². The zero-order chi connectivity index (χ0) is 28.4. The van der Waals surface area contributed by atoms with Crippen molar-refractivity contribution in [3.05, 3.63) is 99.6 Å². The molecule has 1 N–H and O–H groups in total. The number of carbonyl (C=O) groups is 3. The van der Waals surface area contributed by atoms with Crippen LogP contribution in [0.25, 0.3) is 0 Å². The number of halogens is 1. The Morgan fingerprint density at radius 1 is 1.05 bits per heavy atom. The molecule has 40 heavy (non-hydrogen) atoms. The molecule has 0 aromatic heterocycles. The monoisotopic (exact) mass is 558 g/mol. The van der Waals surface area contributed by atoms with E-state index >= 15 is 0 Å². The number of hydrogen-bond donors (Lipinski definition) is 1. The normalized spacial score (nSPS) is 18.8. The molecule has 2 atom stereocenters. The molecule has 0 bridgehead atoms. The Kier molecular flexibility index (Phi) is 7.89. The number of aryl methyl sites for hydroxylation is 1. The highest BCUT2D eigenvalue weighted by Crippen LogP contribution is 2.45. The standard InChI is InChI=1S/C31H31ClN4O4/c1-4-40-26-17-23(20(3)37)11-14-25(26)30-34-28(21-7-5-19(2)6-8-21)29(22-9-12-24(32)13-10-22)36(30)31(39)35-16-15-33-27(38)18-35/h5-14,17,28-29H,4,15-16,18H2,1-3H3,(H,33,38)/t28-,29+/m0/s1. The fourth-order valence-electron chi connectivity index (χ4n) is 5.11. The second-order valence-electron chi connectivity index (χ2n) is 9.93. The van der Waals surface area contributed by atoms with E-state index in [0.717, 1.165) is 16.7 Å². The van der Waals surface area contributed by atoms with Crippen LogP contribution in [0.1, 0.15) is 58.5 Å². The van der Waals surface area contributed by atoms with Crippen molar-refractivity contribution in [3.8, 4) is 5.75 Å². The number of nitrogens with zero attached hydrogens (tertiary/aromatic N) is 3. The van der Waals surface area contributed by atoms with Gasteiger partial charge in [0.25, 0.3) is 0 Å². The molecule has 0 radical (unpaired) electrons. The van der Waals surface area contributed by atoms with E-state index in [1.165, 1.54) is 6.92 Å². The summed E-state index contributed by atoms with van der Waals surface area (Å²) in [5.74, 6) is 0.573. The maximum atomic E-state index is 14.3. The number of urea groups is 1. The first-order valence-electron chi connectivity index (χ1n) is 13.3. The number of ketones is 1. The van der Waals surface area contributed by atoms with Gasteiger partial charge in [-0.25, -0.2) is 4.79 Å². The second kappa shape index (κ2) is 11.5. The van der Waals surface area contributed by atoms with Gasteiger partial charge in [0.05, 0.1) is 18.2 Å². The number of hydrogen-bond acceptors (Lipinski definition) is 5. The molecule has 0 spiro atoms. The first kappa shape index (κ1) is 27.4. The highest BCUT2D eigenvalue weighted by molar-refractivity contribution is 6.30. The predicted octanol–water partition coefficient (Wildman–Crippen LogP) is 5.35. The van der Waals surface area contributed by atoms with Gasteiger partial charge in [-0.15, -0.1) is 0 Å². The van der Waals surface area contributed by atoms with Crippen LogP contribution in [0, 0.1) is 6.92 Å². The summed E-state index contributed by atoms with van der Waals surface area (Å²) in [6.45, 7) is 6.44. The minimum absolute atomic E-state index is 0.0489. The molecular formula is C31H31ClN4O4. The van der Waals surface area contributed by atoms with E-state index in [4.69, 9.17) is 21.3 Å². The first-order chi connectivity index (χ1) is 19.3. The van der Waals surface area contributed by atoms with Crippen molar-refractivity contribution in [1.29, 1.82) is 0 Å². The Labute approximate surface area is 238 Å². The third-order valence-electron chi connectivity index (χ3n) is 7.14. The molecule has 2 aliphatic rings. The maximum absolute atomic E-state index is 14.3. The smallest absolute Gasteiger partial charge is 0.326 e. The van der Waals surface area contributed by atoms with Crippen LogP contribution in [0.15, 0.2) is 71.7 Å². The molecule has 0 saturated carbocycles. The molecule has 3 aromatic rings. The van der Waals surface area contributed by atoms with E-state index in [1.54, 1.807) is 40.1 Å². The fraction of sp³-hybridized carbons (Fsp3) is 0.290. The van der Waals surface area contributed by atoms with Crippen LogP contribution in [0.4, 0.5) is 4.79 Å². The SMILES string of the molecule is CCOc1cc(C(C)=O)ccc1C1=N[C@@H](c2ccc(C)cc2)[C@@H](c2ccc(Cl)cc2)N1C(=O)N1CCNC(=O)C1. The minimum Gasteiger partial charge on any atom is -0.493 e. The van der Waals surface area contributed by atoms with Crippen molar-refractivity contribution in [2.75, 3.05) is 26.2 Å². The molecule has 3 aromatic carbocycles. The Bertz CT molecular complexity index is 1470. The number of amides is 3. The highest BCUT2D eigenvalue weighted by atomic mass is 35.5. The molecule has 1 fully saturated rings. The largest absolute Gasteiger partial charge is 0.493 e. The van der Waals surface area contributed by atoms with Crippen LogP contribution in [0.3, 0.4) is 0 Å². The zero-order valence-corrected chi connectivity index (χ0v) is 23.4. The molecule has 3 amide bonds. The zero-order valence-electron chi connectivity index (χ0n) is 22.7. The second-order valence-corrected chi connectivity index (χ2v) is 10.4. The Morgan fingerprint density at radius 3 is 2.40 bits per heavy atom. The summed E-state index contributed by atoms with van der Waals surface area (Å²) in [4.78, 5) is 47.1. The first-order valence-corrected chi connectivity index (χ1v) is 13.7. The molecule has 0 aliphatic carbocycles. The summed E-state index contributed by atoms with van der Waals surface area (Å²) in [5, 5.41) is 3.37. The third kappa shape index (κ3) is 5.45. The summed E-state index contributed by atoms with van der Waals surface area (Å²) in [6, 6.07) is 19.4. The van der Waals surface area contributed by atoms with Gasteiger partial charge in [0.2, 0.25) is 5.91 Å². The number of carbonyl (C=O) groups excluding carboxylic acids is 3. The number of nitrogens with one attached hydrogen (secondary N) is 1. The summed E-state index contributed by atoms with van der Waals surface area (Å²) in [5.41, 5.74) is 3.99. The lowest BCUT2D eigenvalue weighted by Gasteiger charge is -2.35. The molecule has 8 nitrogen and oxygen atoms in total. The number of rotatable bonds is 6. The van der Waals surface area contributed by atoms with E-state index < -0.39 is 12.1 Å². The van der Waals surface area contributed by atoms with E-state index in [2.05, 4.69) is 5.32 Å². The van der Waals surface area contributed by atoms with Crippen molar-refractivity contribution in [2.45, 2.75) is 32.9 Å². The lowest BCUT2D eigenvalue weighted by atomic mass is 9.93. The summed E-state index contributed by atoms with van der Waals surface area (Å²) in [7, 11) is 0. The maximum Gasteiger partial charge on any atom is 0.326 e. The highest BCUT2D eigenvalue weighted by Gasteiger charge is 2.45. The minimum atomic E-state index is -0.519. The number of piperazine rings is 1. The lowest BCUT2D eigenvalue weighted by Crippen LogP contribution is -2.55. The van der Waals surface area contributed by atoms with Gasteiger partial charge in [0.15, 0.2) is 5.78 Å². The van der Waals surface area contributed by atoms with Gasteiger partial charge in [-0.3, -0.25) is 19.5 Å². The van der Waals surface area contributed by atoms with Gasteiger partial charge in [-0.05, 0) is 56.2 Å². The van der Waals surface area contributed by atoms with Crippen LogP contribution >= 0.6 is 11.6 Å². The number of ether oxygens (including phenoxy) is 1. The van der Waals surface area contributed by atoms with Gasteiger partial charge in [0, 0.05) is 23.7 Å². The van der Waals surface area contributed by atoms with Crippen LogP contribution in [0.5, 0.6) is 5.75 Å². The Hall–Kier alpha value is -4.17. The van der Waals surface area contributed by atoms with E-state index in [1.807, 2.05) is 50.2 Å². The van der Waals surface area contributed by atoms with Crippen LogP contribution in [0.2, 0.25) is 5.02 Å². The number of amidine groups is 1. The summed E-state index contributed by atoms with van der Waals surface area (Å²) < 4.78 is 5.98. The van der Waals surface area contributed by atoms with Gasteiger partial charge < -0.3 is 15.0 Å². The van der Waals surface area contributed by atoms with Crippen LogP contribution in [-0.4, -0.2) is 59.6 Å². The van der Waals surface area contributed by atoms with Crippen LogP contribution < -0.4 is 10.1 Å². The van der Waals surface area contributed by atoms with Crippen molar-refractivity contribution < 1.29 is 19.1 Å². The molecule has 0 unspecified atom stereocenters. The Morgan fingerprint density at radius 2 is 1.75 bits per heavy atom. The molecular weight excluding hydrogens is 528 g/mol. The molecule has 2 aliphatic heterocycles. The molecule has 2 heterocycles. The van der Waals surface area contributed by atoms with Crippen molar-refractivity contribution >= 4 is 35.2 Å². The van der Waals surface area contributed by atoms with Gasteiger partial charge >= 0.3 is 6.03 Å². The van der Waals surface area contributed by atoms with E-state index in [0.29, 0.717) is 47.4 Å². The van der Waals surface area contributed by atoms with Gasteiger partial charge in [-0.1, -0.05) is 59.6 Å². The molecule has 9 heteroatoms. The van der Waals surface area contributed by atoms with E-state index in [9.17, 15) is 14.4 Å². The molecule has 206 valence electrons. The third-order valence-corrected chi connectivity index (χ3v) is 7.39. The van der Waals surface area contributed by atoms with Gasteiger partial charge in [0.1, 0.15) is 24.2 Å². The number of benzene rings is 3. The average Bonchev–Trinajstić information content (AvgIpc) is 3.34. The van der Waals surface area contributed by atoms with Gasteiger partial charge in [-0.2, -0.15) is 0 Å². The van der Waals surface area contributed by atoms with Crippen LogP contribution in [-0.2, 0) is 4.79 Å². The average molecular weight is 559 g/mol.